The van der Waals surface area contributed by atoms with Gasteiger partial charge in [0.1, 0.15) is 11.4 Å². The van der Waals surface area contributed by atoms with Crippen molar-refractivity contribution in [1.82, 2.24) is 24.6 Å². The predicted molar refractivity (Wildman–Crippen MR) is 134 cm³/mol. The standard InChI is InChI=1S/C25H39N7/c1-20-22(26-5)23(24(28(6)7)27-29(20)8)31(18-21-12-10-9-11-13-21)19-30-14-16-32(17-15-30)25(2,3)4/h9-13H,1,5,14-19H2,2-4,6-8H3. The summed E-state index contributed by atoms with van der Waals surface area (Å²) in [6.07, 6.45) is 0. The molecule has 0 saturated carbocycles. The summed E-state index contributed by atoms with van der Waals surface area (Å²) in [4.78, 5) is 13.9. The summed E-state index contributed by atoms with van der Waals surface area (Å²) in [5, 5.41) is 6.59. The molecule has 0 radical (unpaired) electrons. The highest BCUT2D eigenvalue weighted by atomic mass is 15.5. The summed E-state index contributed by atoms with van der Waals surface area (Å²) in [7, 11) is 5.94. The second kappa shape index (κ2) is 9.88. The van der Waals surface area contributed by atoms with Gasteiger partial charge in [-0.3, -0.25) is 19.8 Å². The molecular formula is C25H39N7. The number of nitrogens with zero attached hydrogens (tertiary/aromatic N) is 7. The van der Waals surface area contributed by atoms with Gasteiger partial charge in [0.25, 0.3) is 0 Å². The molecule has 1 aromatic carbocycles. The second-order valence-electron chi connectivity index (χ2n) is 9.74. The van der Waals surface area contributed by atoms with E-state index in [4.69, 9.17) is 5.10 Å². The fourth-order valence-corrected chi connectivity index (χ4v) is 4.21. The van der Waals surface area contributed by atoms with Crippen molar-refractivity contribution in [2.45, 2.75) is 32.9 Å². The van der Waals surface area contributed by atoms with Crippen LogP contribution in [0, 0.1) is 0 Å². The van der Waals surface area contributed by atoms with E-state index in [9.17, 15) is 0 Å². The molecule has 0 spiro atoms. The Kier molecular flexibility index (Phi) is 7.41. The molecule has 0 bridgehead atoms. The van der Waals surface area contributed by atoms with Crippen LogP contribution in [0.3, 0.4) is 0 Å². The van der Waals surface area contributed by atoms with Crippen LogP contribution in [0.25, 0.3) is 0 Å². The van der Waals surface area contributed by atoms with Crippen LogP contribution in [0.2, 0.25) is 0 Å². The summed E-state index contributed by atoms with van der Waals surface area (Å²) in [6, 6.07) is 10.6. The third kappa shape index (κ3) is 5.40. The summed E-state index contributed by atoms with van der Waals surface area (Å²) in [6.45, 7) is 20.7. The maximum absolute atomic E-state index is 4.80. The molecule has 0 amide bonds. The first-order chi connectivity index (χ1) is 15.1. The van der Waals surface area contributed by atoms with Crippen molar-refractivity contribution < 1.29 is 0 Å². The van der Waals surface area contributed by atoms with Gasteiger partial charge in [-0.2, -0.15) is 5.10 Å². The van der Waals surface area contributed by atoms with Crippen molar-refractivity contribution in [1.29, 1.82) is 0 Å². The Bertz CT molecular complexity index is 871. The maximum atomic E-state index is 4.80. The molecule has 174 valence electrons. The SMILES string of the molecule is C=NC1=C(N(Cc2ccccc2)CN2CCN(C(C)(C)C)CC2)C(N(C)C)=NN(C)C1=C. The zero-order chi connectivity index (χ0) is 23.5. The van der Waals surface area contributed by atoms with Crippen molar-refractivity contribution in [2.75, 3.05) is 54.0 Å². The van der Waals surface area contributed by atoms with Gasteiger partial charge in [-0.05, 0) is 33.1 Å². The van der Waals surface area contributed by atoms with Crippen molar-refractivity contribution >= 4 is 12.6 Å². The van der Waals surface area contributed by atoms with Crippen molar-refractivity contribution in [3.05, 3.63) is 59.6 Å². The molecule has 2 aliphatic rings. The average Bonchev–Trinajstić information content (AvgIpc) is 2.75. The van der Waals surface area contributed by atoms with Crippen molar-refractivity contribution in [3.8, 4) is 0 Å². The number of amidine groups is 1. The van der Waals surface area contributed by atoms with E-state index >= 15 is 0 Å². The van der Waals surface area contributed by atoms with Gasteiger partial charge >= 0.3 is 0 Å². The largest absolute Gasteiger partial charge is 0.360 e. The van der Waals surface area contributed by atoms with E-state index < -0.39 is 0 Å². The van der Waals surface area contributed by atoms with E-state index in [1.54, 1.807) is 5.01 Å². The van der Waals surface area contributed by atoms with Gasteiger partial charge in [0.2, 0.25) is 0 Å². The molecule has 0 aliphatic carbocycles. The molecule has 0 unspecified atom stereocenters. The highest BCUT2D eigenvalue weighted by Crippen LogP contribution is 2.29. The molecule has 3 rings (SSSR count). The summed E-state index contributed by atoms with van der Waals surface area (Å²) in [5.74, 6) is 0.867. The monoisotopic (exact) mass is 437 g/mol. The minimum Gasteiger partial charge on any atom is -0.360 e. The number of benzene rings is 1. The molecule has 0 N–H and O–H groups in total. The van der Waals surface area contributed by atoms with Gasteiger partial charge in [-0.15, -0.1) is 0 Å². The lowest BCUT2D eigenvalue weighted by molar-refractivity contribution is 0.0395. The van der Waals surface area contributed by atoms with Crippen LogP contribution in [0.1, 0.15) is 26.3 Å². The lowest BCUT2D eigenvalue weighted by Crippen LogP contribution is -2.55. The molecular weight excluding hydrogens is 398 g/mol. The van der Waals surface area contributed by atoms with Gasteiger partial charge in [0.15, 0.2) is 5.84 Å². The van der Waals surface area contributed by atoms with Crippen LogP contribution in [0.5, 0.6) is 0 Å². The number of rotatable bonds is 6. The van der Waals surface area contributed by atoms with E-state index in [1.807, 2.05) is 26.0 Å². The fraction of sp³-hybridized carbons (Fsp3) is 0.520. The zero-order valence-electron chi connectivity index (χ0n) is 20.7. The quantitative estimate of drug-likeness (QED) is 0.640. The Morgan fingerprint density at radius 3 is 2.22 bits per heavy atom. The number of likely N-dealkylation sites (N-methyl/N-ethyl adjacent to an activating group) is 2. The lowest BCUT2D eigenvalue weighted by Gasteiger charge is -2.44. The van der Waals surface area contributed by atoms with Gasteiger partial charge in [0, 0.05) is 59.4 Å². The van der Waals surface area contributed by atoms with Gasteiger partial charge in [-0.25, -0.2) is 0 Å². The molecule has 7 nitrogen and oxygen atoms in total. The number of hydrazone groups is 1. The predicted octanol–water partition coefficient (Wildman–Crippen LogP) is 3.11. The van der Waals surface area contributed by atoms with Crippen LogP contribution < -0.4 is 0 Å². The maximum Gasteiger partial charge on any atom is 0.174 e. The van der Waals surface area contributed by atoms with Crippen LogP contribution in [0.4, 0.5) is 0 Å². The molecule has 2 heterocycles. The van der Waals surface area contributed by atoms with Crippen molar-refractivity contribution in [2.24, 2.45) is 10.1 Å². The Hall–Kier alpha value is -2.64. The molecule has 7 heteroatoms. The summed E-state index contributed by atoms with van der Waals surface area (Å²) in [5.41, 5.74) is 3.98. The fourth-order valence-electron chi connectivity index (χ4n) is 4.21. The third-order valence-corrected chi connectivity index (χ3v) is 6.15. The zero-order valence-corrected chi connectivity index (χ0v) is 20.7. The lowest BCUT2D eigenvalue weighted by atomic mass is 10.1. The summed E-state index contributed by atoms with van der Waals surface area (Å²) < 4.78 is 0. The molecule has 0 aromatic heterocycles. The van der Waals surface area contributed by atoms with Gasteiger partial charge < -0.3 is 9.80 Å². The third-order valence-electron chi connectivity index (χ3n) is 6.15. The van der Waals surface area contributed by atoms with Crippen LogP contribution in [-0.4, -0.2) is 96.7 Å². The molecule has 1 saturated heterocycles. The normalized spacial score (nSPS) is 18.6. The van der Waals surface area contributed by atoms with Gasteiger partial charge in [-0.1, -0.05) is 36.9 Å². The van der Waals surface area contributed by atoms with Crippen LogP contribution in [0.15, 0.2) is 64.1 Å². The Labute approximate surface area is 194 Å². The molecule has 0 atom stereocenters. The smallest absolute Gasteiger partial charge is 0.174 e. The van der Waals surface area contributed by atoms with Gasteiger partial charge in [0.05, 0.1) is 12.4 Å². The minimum absolute atomic E-state index is 0.203. The topological polar surface area (TPSA) is 40.9 Å². The van der Waals surface area contributed by atoms with Crippen molar-refractivity contribution in [3.63, 3.8) is 0 Å². The Morgan fingerprint density at radius 1 is 1.06 bits per heavy atom. The first-order valence-electron chi connectivity index (χ1n) is 11.3. The van der Waals surface area contributed by atoms with E-state index in [0.29, 0.717) is 0 Å². The summed E-state index contributed by atoms with van der Waals surface area (Å²) >= 11 is 0. The Morgan fingerprint density at radius 2 is 1.69 bits per heavy atom. The number of piperazine rings is 1. The van der Waals surface area contributed by atoms with E-state index in [-0.39, 0.29) is 5.54 Å². The minimum atomic E-state index is 0.203. The Balaban J connectivity index is 1.93. The number of hydrogen-bond acceptors (Lipinski definition) is 7. The second-order valence-corrected chi connectivity index (χ2v) is 9.74. The highest BCUT2D eigenvalue weighted by molar-refractivity contribution is 5.99. The molecule has 32 heavy (non-hydrogen) atoms. The first-order valence-corrected chi connectivity index (χ1v) is 11.3. The molecule has 1 aromatic rings. The van der Waals surface area contributed by atoms with Crippen LogP contribution >= 0.6 is 0 Å². The molecule has 2 aliphatic heterocycles. The average molecular weight is 438 g/mol. The number of aliphatic imine (C=N–C) groups is 1. The first kappa shape index (κ1) is 24.0. The highest BCUT2D eigenvalue weighted by Gasteiger charge is 2.32. The molecule has 1 fully saturated rings. The van der Waals surface area contributed by atoms with Crippen LogP contribution in [-0.2, 0) is 6.54 Å². The van der Waals surface area contributed by atoms with E-state index in [0.717, 1.165) is 62.3 Å². The number of hydrogen-bond donors (Lipinski definition) is 0. The van der Waals surface area contributed by atoms with E-state index in [1.165, 1.54) is 5.56 Å². The van der Waals surface area contributed by atoms with E-state index in [2.05, 4.69) is 84.1 Å².